The number of thiophene rings is 1. The van der Waals surface area contributed by atoms with Crippen molar-refractivity contribution < 1.29 is 14.0 Å². The fourth-order valence-corrected chi connectivity index (χ4v) is 4.33. The molecule has 1 aromatic heterocycles. The smallest absolute Gasteiger partial charge is 0.282 e. The lowest BCUT2D eigenvalue weighted by Crippen LogP contribution is -2.47. The summed E-state index contributed by atoms with van der Waals surface area (Å²) in [5.74, 6) is -1.08. The summed E-state index contributed by atoms with van der Waals surface area (Å²) in [6.45, 7) is 6.21. The first-order valence-corrected chi connectivity index (χ1v) is 9.88. The van der Waals surface area contributed by atoms with Crippen molar-refractivity contribution in [1.82, 2.24) is 9.80 Å². The topological polar surface area (TPSA) is 43.9 Å². The summed E-state index contributed by atoms with van der Waals surface area (Å²) in [6.07, 6.45) is 0. The van der Waals surface area contributed by atoms with Crippen LogP contribution >= 0.6 is 11.3 Å². The van der Waals surface area contributed by atoms with Gasteiger partial charge in [0.15, 0.2) is 0 Å². The highest BCUT2D eigenvalue weighted by atomic mass is 32.1. The minimum Gasteiger partial charge on any atom is -0.364 e. The Morgan fingerprint density at radius 2 is 1.70 bits per heavy atom. The zero-order valence-corrected chi connectivity index (χ0v) is 15.8. The van der Waals surface area contributed by atoms with Gasteiger partial charge in [0.05, 0.1) is 11.3 Å². The molecule has 3 heterocycles. The molecular formula is C20H20FN3O2S. The van der Waals surface area contributed by atoms with E-state index in [-0.39, 0.29) is 11.8 Å². The number of imide groups is 1. The lowest BCUT2D eigenvalue weighted by Gasteiger charge is -2.35. The number of piperazine rings is 1. The third-order valence-electron chi connectivity index (χ3n) is 5.05. The Kier molecular flexibility index (Phi) is 4.80. The van der Waals surface area contributed by atoms with Gasteiger partial charge in [0.25, 0.3) is 11.8 Å². The zero-order chi connectivity index (χ0) is 19.0. The van der Waals surface area contributed by atoms with Crippen molar-refractivity contribution in [2.24, 2.45) is 0 Å². The Morgan fingerprint density at radius 3 is 2.30 bits per heavy atom. The van der Waals surface area contributed by atoms with Crippen LogP contribution in [0.2, 0.25) is 0 Å². The van der Waals surface area contributed by atoms with E-state index >= 15 is 0 Å². The molecule has 0 bridgehead atoms. The van der Waals surface area contributed by atoms with Crippen LogP contribution in [0.5, 0.6) is 0 Å². The number of nitrogens with zero attached hydrogens (tertiary/aromatic N) is 3. The first-order chi connectivity index (χ1) is 13.1. The minimum atomic E-state index is -0.403. The van der Waals surface area contributed by atoms with Gasteiger partial charge < -0.3 is 9.80 Å². The van der Waals surface area contributed by atoms with Crippen LogP contribution in [0.25, 0.3) is 5.57 Å². The van der Waals surface area contributed by atoms with Crippen LogP contribution < -0.4 is 4.90 Å². The number of halogens is 1. The van der Waals surface area contributed by atoms with Crippen LogP contribution in [0.15, 0.2) is 47.5 Å². The number of rotatable bonds is 4. The maximum Gasteiger partial charge on any atom is 0.282 e. The van der Waals surface area contributed by atoms with Crippen LogP contribution in [0.1, 0.15) is 11.8 Å². The van der Waals surface area contributed by atoms with Gasteiger partial charge in [-0.3, -0.25) is 9.59 Å². The standard InChI is InChI=1S/C20H20FN3O2S/c1-2-22-9-11-23(12-10-22)18-17(16-4-3-13-27-16)19(25)24(20(18)26)15-7-5-14(21)6-8-15/h3-8,13H,2,9-12H2,1H3. The van der Waals surface area contributed by atoms with E-state index in [2.05, 4.69) is 11.8 Å². The molecule has 7 heteroatoms. The summed E-state index contributed by atoms with van der Waals surface area (Å²) in [4.78, 5) is 32.7. The molecule has 140 valence electrons. The fourth-order valence-electron chi connectivity index (χ4n) is 3.57. The number of hydrogen-bond acceptors (Lipinski definition) is 5. The number of amides is 2. The molecule has 2 aliphatic rings. The number of benzene rings is 1. The predicted molar refractivity (Wildman–Crippen MR) is 104 cm³/mol. The molecule has 1 aromatic carbocycles. The molecule has 0 atom stereocenters. The highest BCUT2D eigenvalue weighted by Crippen LogP contribution is 2.36. The molecule has 2 amide bonds. The van der Waals surface area contributed by atoms with E-state index in [1.54, 1.807) is 0 Å². The van der Waals surface area contributed by atoms with Gasteiger partial charge in [-0.25, -0.2) is 9.29 Å². The van der Waals surface area contributed by atoms with Crippen molar-refractivity contribution in [2.45, 2.75) is 6.92 Å². The second-order valence-electron chi connectivity index (χ2n) is 6.54. The summed E-state index contributed by atoms with van der Waals surface area (Å²) < 4.78 is 13.3. The molecule has 0 aliphatic carbocycles. The van der Waals surface area contributed by atoms with Gasteiger partial charge in [-0.1, -0.05) is 13.0 Å². The van der Waals surface area contributed by atoms with Gasteiger partial charge in [-0.15, -0.1) is 11.3 Å². The molecule has 0 saturated carbocycles. The lowest BCUT2D eigenvalue weighted by molar-refractivity contribution is -0.120. The van der Waals surface area contributed by atoms with Crippen molar-refractivity contribution in [3.05, 3.63) is 58.2 Å². The average Bonchev–Trinajstić information content (AvgIpc) is 3.29. The van der Waals surface area contributed by atoms with Crippen LogP contribution in [0, 0.1) is 5.82 Å². The molecule has 1 saturated heterocycles. The predicted octanol–water partition coefficient (Wildman–Crippen LogP) is 2.81. The molecule has 2 aliphatic heterocycles. The van der Waals surface area contributed by atoms with Crippen LogP contribution in [-0.4, -0.2) is 54.3 Å². The van der Waals surface area contributed by atoms with E-state index in [0.29, 0.717) is 30.0 Å². The third-order valence-corrected chi connectivity index (χ3v) is 5.93. The Hall–Kier alpha value is -2.51. The quantitative estimate of drug-likeness (QED) is 0.760. The van der Waals surface area contributed by atoms with E-state index in [9.17, 15) is 14.0 Å². The molecule has 4 rings (SSSR count). The van der Waals surface area contributed by atoms with Gasteiger partial charge in [0.2, 0.25) is 0 Å². The molecule has 27 heavy (non-hydrogen) atoms. The van der Waals surface area contributed by atoms with Gasteiger partial charge in [0, 0.05) is 31.1 Å². The average molecular weight is 385 g/mol. The Morgan fingerprint density at radius 1 is 1.00 bits per heavy atom. The lowest BCUT2D eigenvalue weighted by atomic mass is 10.1. The molecule has 0 radical (unpaired) electrons. The largest absolute Gasteiger partial charge is 0.364 e. The molecular weight excluding hydrogens is 365 g/mol. The fraction of sp³-hybridized carbons (Fsp3) is 0.300. The summed E-state index contributed by atoms with van der Waals surface area (Å²) in [5.41, 5.74) is 1.30. The minimum absolute atomic E-state index is 0.333. The Bertz CT molecular complexity index is 884. The second kappa shape index (κ2) is 7.25. The third kappa shape index (κ3) is 3.17. The maximum absolute atomic E-state index is 13.3. The van der Waals surface area contributed by atoms with Crippen molar-refractivity contribution in [2.75, 3.05) is 37.6 Å². The summed E-state index contributed by atoms with van der Waals surface area (Å²) >= 11 is 1.44. The number of anilines is 1. The van der Waals surface area contributed by atoms with Crippen molar-refractivity contribution >= 4 is 34.4 Å². The van der Waals surface area contributed by atoms with Gasteiger partial charge in [-0.05, 0) is 42.3 Å². The molecule has 2 aromatic rings. The summed E-state index contributed by atoms with van der Waals surface area (Å²) in [6, 6.07) is 9.20. The molecule has 1 fully saturated rings. The Labute approximate surface area is 161 Å². The van der Waals surface area contributed by atoms with Gasteiger partial charge in [0.1, 0.15) is 11.5 Å². The Balaban J connectivity index is 1.73. The number of carbonyl (C=O) groups is 2. The molecule has 0 spiro atoms. The van der Waals surface area contributed by atoms with E-state index in [1.165, 1.54) is 35.6 Å². The molecule has 0 unspecified atom stereocenters. The van der Waals surface area contributed by atoms with Crippen molar-refractivity contribution in [3.8, 4) is 0 Å². The van der Waals surface area contributed by atoms with E-state index < -0.39 is 5.82 Å². The van der Waals surface area contributed by atoms with Crippen molar-refractivity contribution in [1.29, 1.82) is 0 Å². The monoisotopic (exact) mass is 385 g/mol. The highest BCUT2D eigenvalue weighted by molar-refractivity contribution is 7.11. The van der Waals surface area contributed by atoms with Crippen LogP contribution in [-0.2, 0) is 9.59 Å². The SMILES string of the molecule is CCN1CCN(C2=C(c3cccs3)C(=O)N(c3ccc(F)cc3)C2=O)CC1. The van der Waals surface area contributed by atoms with Gasteiger partial charge in [-0.2, -0.15) is 0 Å². The van der Waals surface area contributed by atoms with E-state index in [0.717, 1.165) is 29.4 Å². The van der Waals surface area contributed by atoms with E-state index in [1.807, 2.05) is 22.4 Å². The summed E-state index contributed by atoms with van der Waals surface area (Å²) in [7, 11) is 0. The van der Waals surface area contributed by atoms with Crippen molar-refractivity contribution in [3.63, 3.8) is 0 Å². The number of likely N-dealkylation sites (N-methyl/N-ethyl adjacent to an activating group) is 1. The number of hydrogen-bond donors (Lipinski definition) is 0. The normalized spacial score (nSPS) is 18.7. The maximum atomic E-state index is 13.3. The van der Waals surface area contributed by atoms with E-state index in [4.69, 9.17) is 0 Å². The number of carbonyl (C=O) groups excluding carboxylic acids is 2. The summed E-state index contributed by atoms with van der Waals surface area (Å²) in [5, 5.41) is 1.90. The first-order valence-electron chi connectivity index (χ1n) is 9.00. The highest BCUT2D eigenvalue weighted by Gasteiger charge is 2.43. The zero-order valence-electron chi connectivity index (χ0n) is 15.0. The van der Waals surface area contributed by atoms with Crippen LogP contribution in [0.3, 0.4) is 0 Å². The second-order valence-corrected chi connectivity index (χ2v) is 7.49. The first kappa shape index (κ1) is 17.9. The van der Waals surface area contributed by atoms with Gasteiger partial charge >= 0.3 is 0 Å². The molecule has 5 nitrogen and oxygen atoms in total. The van der Waals surface area contributed by atoms with Crippen LogP contribution in [0.4, 0.5) is 10.1 Å². The molecule has 0 N–H and O–H groups in total.